The summed E-state index contributed by atoms with van der Waals surface area (Å²) < 4.78 is 5.35. The maximum atomic E-state index is 11.2. The molecule has 11 nitrogen and oxygen atoms in total. The average molecular weight is 611 g/mol. The van der Waals surface area contributed by atoms with E-state index in [-0.39, 0.29) is 5.69 Å². The highest BCUT2D eigenvalue weighted by molar-refractivity contribution is 5.97. The molecular weight excluding hydrogens is 568 g/mol. The van der Waals surface area contributed by atoms with E-state index in [1.54, 1.807) is 19.2 Å². The van der Waals surface area contributed by atoms with E-state index in [0.29, 0.717) is 5.69 Å². The van der Waals surface area contributed by atoms with Gasteiger partial charge in [-0.3, -0.25) is 10.1 Å². The first-order valence-corrected chi connectivity index (χ1v) is 16.3. The van der Waals surface area contributed by atoms with Crippen molar-refractivity contribution in [2.45, 2.75) is 57.8 Å². The molecule has 3 fully saturated rings. The van der Waals surface area contributed by atoms with E-state index in [1.165, 1.54) is 31.4 Å². The molecule has 11 heteroatoms. The number of methoxy groups -OCH3 is 1. The van der Waals surface area contributed by atoms with Crippen LogP contribution >= 0.6 is 0 Å². The van der Waals surface area contributed by atoms with Crippen LogP contribution in [-0.2, 0) is 0 Å². The summed E-state index contributed by atoms with van der Waals surface area (Å²) in [5, 5.41) is 30.6. The Morgan fingerprint density at radius 1 is 0.600 bits per heavy atom. The van der Waals surface area contributed by atoms with Crippen LogP contribution in [0.4, 0.5) is 45.5 Å². The Kier molecular flexibility index (Phi) is 9.82. The normalized spacial score (nSPS) is 17.8. The van der Waals surface area contributed by atoms with Crippen molar-refractivity contribution in [1.82, 2.24) is 0 Å². The molecule has 0 aliphatic carbocycles. The highest BCUT2D eigenvalue weighted by Crippen LogP contribution is 2.53. The molecule has 3 heterocycles. The molecule has 0 saturated carbocycles. The molecule has 0 spiro atoms. The zero-order chi connectivity index (χ0) is 31.0. The predicted octanol–water partition coefficient (Wildman–Crippen LogP) is 9.41. The molecule has 3 aliphatic heterocycles. The second-order valence-corrected chi connectivity index (χ2v) is 12.0. The maximum absolute atomic E-state index is 11.2. The topological polar surface area (TPSA) is 112 Å². The second-order valence-electron chi connectivity index (χ2n) is 12.0. The van der Waals surface area contributed by atoms with Crippen LogP contribution in [0.1, 0.15) is 57.8 Å². The molecule has 3 aromatic rings. The first kappa shape index (κ1) is 30.5. The van der Waals surface area contributed by atoms with Crippen LogP contribution in [0, 0.1) is 10.1 Å². The van der Waals surface area contributed by atoms with Crippen LogP contribution in [0.3, 0.4) is 0 Å². The van der Waals surface area contributed by atoms with Crippen LogP contribution in [0.5, 0.6) is 5.75 Å². The highest BCUT2D eigenvalue weighted by Gasteiger charge is 2.30. The molecule has 45 heavy (non-hydrogen) atoms. The Bertz CT molecular complexity index is 1510. The summed E-state index contributed by atoms with van der Waals surface area (Å²) in [5.41, 5.74) is 6.11. The molecular formula is C34H42N8O3. The number of rotatable bonds is 9. The zero-order valence-electron chi connectivity index (χ0n) is 26.1. The number of benzene rings is 3. The number of ether oxygens (including phenoxy) is 1. The lowest BCUT2D eigenvalue weighted by molar-refractivity contribution is -0.384. The molecule has 236 valence electrons. The third-order valence-corrected chi connectivity index (χ3v) is 8.94. The van der Waals surface area contributed by atoms with Crippen LogP contribution in [0.25, 0.3) is 0 Å². The highest BCUT2D eigenvalue weighted by atomic mass is 16.6. The summed E-state index contributed by atoms with van der Waals surface area (Å²) in [4.78, 5) is 18.2. The quantitative estimate of drug-likeness (QED) is 0.136. The third-order valence-electron chi connectivity index (χ3n) is 8.94. The van der Waals surface area contributed by atoms with Crippen LogP contribution in [-0.4, -0.2) is 51.3 Å². The van der Waals surface area contributed by atoms with Crippen LogP contribution in [0.2, 0.25) is 0 Å². The van der Waals surface area contributed by atoms with Gasteiger partial charge in [-0.2, -0.15) is 10.2 Å². The maximum Gasteiger partial charge on any atom is 0.269 e. The second kappa shape index (κ2) is 14.5. The molecule has 0 amide bonds. The van der Waals surface area contributed by atoms with E-state index < -0.39 is 4.92 Å². The minimum absolute atomic E-state index is 0.0316. The Morgan fingerprint density at radius 3 is 1.44 bits per heavy atom. The van der Waals surface area contributed by atoms with Crippen LogP contribution < -0.4 is 19.4 Å². The molecule has 0 N–H and O–H groups in total. The molecule has 3 saturated heterocycles. The van der Waals surface area contributed by atoms with Crippen molar-refractivity contribution in [3.05, 3.63) is 64.7 Å². The van der Waals surface area contributed by atoms with Gasteiger partial charge in [0.05, 0.1) is 40.5 Å². The van der Waals surface area contributed by atoms with E-state index in [0.717, 1.165) is 118 Å². The molecule has 6 rings (SSSR count). The number of piperidine rings is 3. The van der Waals surface area contributed by atoms with Gasteiger partial charge in [-0.05, 0) is 100 Å². The third kappa shape index (κ3) is 7.24. The molecule has 3 aliphatic rings. The van der Waals surface area contributed by atoms with Gasteiger partial charge in [-0.15, -0.1) is 10.2 Å². The number of non-ortho nitro benzene ring substituents is 1. The number of nitro benzene ring substituents is 1. The minimum Gasteiger partial charge on any atom is -0.497 e. The minimum atomic E-state index is -0.400. The van der Waals surface area contributed by atoms with Crippen molar-refractivity contribution in [3.8, 4) is 5.75 Å². The van der Waals surface area contributed by atoms with E-state index in [1.807, 2.05) is 24.3 Å². The fourth-order valence-electron chi connectivity index (χ4n) is 6.49. The van der Waals surface area contributed by atoms with Crippen molar-refractivity contribution < 1.29 is 9.66 Å². The summed E-state index contributed by atoms with van der Waals surface area (Å²) in [5.74, 6) is 0.775. The molecule has 0 atom stereocenters. The van der Waals surface area contributed by atoms with Gasteiger partial charge in [-0.1, -0.05) is 0 Å². The summed E-state index contributed by atoms with van der Waals surface area (Å²) in [6, 6.07) is 16.1. The number of anilines is 3. The number of azo groups is 2. The standard InChI is InChI=1S/C34H42N8O3/c1-45-29-17-13-27(14-18-29)36-38-33-31(40-21-7-3-8-22-40)25-30(39-19-5-2-6-20-39)32(34(33)41-23-9-4-10-24-41)37-35-26-11-15-28(16-12-26)42(43)44/h11-18,25H,2-10,19-24H2,1H3. The lowest BCUT2D eigenvalue weighted by Gasteiger charge is -2.37. The van der Waals surface area contributed by atoms with Gasteiger partial charge < -0.3 is 19.4 Å². The zero-order valence-corrected chi connectivity index (χ0v) is 26.1. The Balaban J connectivity index is 1.54. The molecule has 0 unspecified atom stereocenters. The van der Waals surface area contributed by atoms with Crippen LogP contribution in [0.15, 0.2) is 75.1 Å². The summed E-state index contributed by atoms with van der Waals surface area (Å²) >= 11 is 0. The predicted molar refractivity (Wildman–Crippen MR) is 179 cm³/mol. The summed E-state index contributed by atoms with van der Waals surface area (Å²) in [6.07, 6.45) is 10.4. The monoisotopic (exact) mass is 610 g/mol. The fourth-order valence-corrected chi connectivity index (χ4v) is 6.49. The number of hydrogen-bond donors (Lipinski definition) is 0. The average Bonchev–Trinajstić information content (AvgIpc) is 3.11. The van der Waals surface area contributed by atoms with Gasteiger partial charge >= 0.3 is 0 Å². The molecule has 0 radical (unpaired) electrons. The Labute approximate surface area is 264 Å². The van der Waals surface area contributed by atoms with Gasteiger partial charge in [-0.25, -0.2) is 0 Å². The smallest absolute Gasteiger partial charge is 0.269 e. The van der Waals surface area contributed by atoms with E-state index in [2.05, 4.69) is 25.9 Å². The van der Waals surface area contributed by atoms with E-state index in [9.17, 15) is 10.1 Å². The summed E-state index contributed by atoms with van der Waals surface area (Å²) in [7, 11) is 1.66. The van der Waals surface area contributed by atoms with Crippen molar-refractivity contribution >= 4 is 45.5 Å². The lowest BCUT2D eigenvalue weighted by Crippen LogP contribution is -2.34. The number of nitrogens with zero attached hydrogens (tertiary/aromatic N) is 8. The van der Waals surface area contributed by atoms with Gasteiger partial charge in [0.25, 0.3) is 5.69 Å². The lowest BCUT2D eigenvalue weighted by atomic mass is 10.0. The fraction of sp³-hybridized carbons (Fsp3) is 0.471. The largest absolute Gasteiger partial charge is 0.497 e. The van der Waals surface area contributed by atoms with Gasteiger partial charge in [0.2, 0.25) is 0 Å². The first-order chi connectivity index (χ1) is 22.1. The van der Waals surface area contributed by atoms with Gasteiger partial charge in [0.1, 0.15) is 17.1 Å². The Morgan fingerprint density at radius 2 is 1.02 bits per heavy atom. The van der Waals surface area contributed by atoms with Gasteiger partial charge in [0, 0.05) is 51.4 Å². The Hall–Kier alpha value is -4.54. The van der Waals surface area contributed by atoms with Crippen molar-refractivity contribution in [3.63, 3.8) is 0 Å². The van der Waals surface area contributed by atoms with E-state index in [4.69, 9.17) is 20.1 Å². The van der Waals surface area contributed by atoms with E-state index >= 15 is 0 Å². The van der Waals surface area contributed by atoms with Crippen molar-refractivity contribution in [2.75, 3.05) is 61.1 Å². The number of nitro groups is 1. The van der Waals surface area contributed by atoms with Crippen molar-refractivity contribution in [1.29, 1.82) is 0 Å². The molecule has 0 bridgehead atoms. The first-order valence-electron chi connectivity index (χ1n) is 16.3. The SMILES string of the molecule is COc1ccc(N=Nc2c(N3CCCCC3)cc(N3CCCCC3)c(N=Nc3ccc([N+](=O)[O-])cc3)c2N2CCCCC2)cc1. The summed E-state index contributed by atoms with van der Waals surface area (Å²) in [6.45, 7) is 5.71. The molecule has 0 aromatic heterocycles. The van der Waals surface area contributed by atoms with Crippen molar-refractivity contribution in [2.24, 2.45) is 20.5 Å². The molecule has 3 aromatic carbocycles. The number of hydrogen-bond acceptors (Lipinski definition) is 10. The van der Waals surface area contributed by atoms with Gasteiger partial charge in [0.15, 0.2) is 0 Å².